The smallest absolute Gasteiger partial charge is 0.253 e. The molecular weight excluding hydrogens is 296 g/mol. The molecule has 1 amide bonds. The molecule has 1 saturated heterocycles. The molecule has 124 valence electrons. The minimum atomic E-state index is 0.198. The highest BCUT2D eigenvalue weighted by Crippen LogP contribution is 2.23. The first kappa shape index (κ1) is 15.4. The summed E-state index contributed by atoms with van der Waals surface area (Å²) in [6.45, 7) is 4.52. The molecule has 2 aliphatic rings. The van der Waals surface area contributed by atoms with E-state index in [0.717, 1.165) is 44.7 Å². The van der Waals surface area contributed by atoms with E-state index in [9.17, 15) is 4.79 Å². The molecule has 0 aromatic heterocycles. The van der Waals surface area contributed by atoms with Crippen LogP contribution in [0.3, 0.4) is 0 Å². The summed E-state index contributed by atoms with van der Waals surface area (Å²) in [5.74, 6) is 0.198. The lowest BCUT2D eigenvalue weighted by Crippen LogP contribution is -2.48. The molecule has 0 unspecified atom stereocenters. The molecule has 0 spiro atoms. The number of carbonyl (C=O) groups excluding carboxylic acids is 1. The van der Waals surface area contributed by atoms with Crippen LogP contribution in [0.25, 0.3) is 0 Å². The zero-order chi connectivity index (χ0) is 16.4. The van der Waals surface area contributed by atoms with E-state index >= 15 is 0 Å². The summed E-state index contributed by atoms with van der Waals surface area (Å²) in [7, 11) is 0. The van der Waals surface area contributed by atoms with Crippen LogP contribution >= 0.6 is 0 Å². The van der Waals surface area contributed by atoms with Gasteiger partial charge in [-0.1, -0.05) is 36.4 Å². The van der Waals surface area contributed by atoms with Gasteiger partial charge in [-0.15, -0.1) is 0 Å². The summed E-state index contributed by atoms with van der Waals surface area (Å²) in [6.07, 6.45) is 3.52. The van der Waals surface area contributed by atoms with Gasteiger partial charge in [-0.05, 0) is 48.1 Å². The predicted octanol–water partition coefficient (Wildman–Crippen LogP) is 3.13. The zero-order valence-corrected chi connectivity index (χ0v) is 14.1. The molecule has 2 aromatic carbocycles. The Kier molecular flexibility index (Phi) is 4.35. The summed E-state index contributed by atoms with van der Waals surface area (Å²) in [6, 6.07) is 16.9. The molecule has 0 N–H and O–H groups in total. The first-order chi connectivity index (χ1) is 11.8. The maximum absolute atomic E-state index is 12.8. The number of amides is 1. The van der Waals surface area contributed by atoms with Gasteiger partial charge in [0, 0.05) is 38.3 Å². The molecule has 0 bridgehead atoms. The first-order valence-corrected chi connectivity index (χ1v) is 8.97. The van der Waals surface area contributed by atoms with E-state index in [2.05, 4.69) is 47.4 Å². The predicted molar refractivity (Wildman–Crippen MR) is 96.1 cm³/mol. The SMILES string of the molecule is O=C(c1ccc2c(c1)CCC2)N1CCN(Cc2ccccc2)CC1. The van der Waals surface area contributed by atoms with Gasteiger partial charge < -0.3 is 4.90 Å². The van der Waals surface area contributed by atoms with Gasteiger partial charge in [-0.2, -0.15) is 0 Å². The molecule has 1 aliphatic carbocycles. The summed E-state index contributed by atoms with van der Waals surface area (Å²) in [5, 5.41) is 0. The maximum Gasteiger partial charge on any atom is 0.253 e. The van der Waals surface area contributed by atoms with Gasteiger partial charge in [-0.25, -0.2) is 0 Å². The topological polar surface area (TPSA) is 23.6 Å². The molecule has 4 rings (SSSR count). The van der Waals surface area contributed by atoms with Crippen LogP contribution in [0.5, 0.6) is 0 Å². The minimum absolute atomic E-state index is 0.198. The lowest BCUT2D eigenvalue weighted by atomic mass is 10.1. The fourth-order valence-corrected chi connectivity index (χ4v) is 3.84. The van der Waals surface area contributed by atoms with Gasteiger partial charge >= 0.3 is 0 Å². The quantitative estimate of drug-likeness (QED) is 0.867. The highest BCUT2D eigenvalue weighted by molar-refractivity contribution is 5.94. The van der Waals surface area contributed by atoms with Crippen molar-refractivity contribution in [1.82, 2.24) is 9.80 Å². The molecule has 0 saturated carbocycles. The lowest BCUT2D eigenvalue weighted by Gasteiger charge is -2.34. The Morgan fingerprint density at radius 2 is 1.62 bits per heavy atom. The van der Waals surface area contributed by atoms with Gasteiger partial charge in [0.05, 0.1) is 0 Å². The van der Waals surface area contributed by atoms with Crippen LogP contribution in [0.2, 0.25) is 0 Å². The van der Waals surface area contributed by atoms with E-state index < -0.39 is 0 Å². The van der Waals surface area contributed by atoms with Gasteiger partial charge in [0.25, 0.3) is 5.91 Å². The molecule has 3 nitrogen and oxygen atoms in total. The second-order valence-electron chi connectivity index (χ2n) is 6.89. The molecule has 0 atom stereocenters. The van der Waals surface area contributed by atoms with E-state index in [1.807, 2.05) is 11.0 Å². The van der Waals surface area contributed by atoms with Crippen LogP contribution in [-0.4, -0.2) is 41.9 Å². The van der Waals surface area contributed by atoms with Crippen LogP contribution in [-0.2, 0) is 19.4 Å². The van der Waals surface area contributed by atoms with Crippen molar-refractivity contribution in [2.75, 3.05) is 26.2 Å². The third-order valence-corrected chi connectivity index (χ3v) is 5.25. The van der Waals surface area contributed by atoms with Crippen molar-refractivity contribution in [3.8, 4) is 0 Å². The monoisotopic (exact) mass is 320 g/mol. The van der Waals surface area contributed by atoms with Gasteiger partial charge in [0.15, 0.2) is 0 Å². The summed E-state index contributed by atoms with van der Waals surface area (Å²) in [4.78, 5) is 17.2. The minimum Gasteiger partial charge on any atom is -0.336 e. The third kappa shape index (κ3) is 3.22. The van der Waals surface area contributed by atoms with E-state index in [4.69, 9.17) is 0 Å². The number of benzene rings is 2. The van der Waals surface area contributed by atoms with Gasteiger partial charge in [-0.3, -0.25) is 9.69 Å². The summed E-state index contributed by atoms with van der Waals surface area (Å²) < 4.78 is 0. The van der Waals surface area contributed by atoms with Gasteiger partial charge in [0.2, 0.25) is 0 Å². The third-order valence-electron chi connectivity index (χ3n) is 5.25. The molecule has 2 aromatic rings. The van der Waals surface area contributed by atoms with Crippen molar-refractivity contribution in [2.45, 2.75) is 25.8 Å². The number of rotatable bonds is 3. The molecule has 1 aliphatic heterocycles. The van der Waals surface area contributed by atoms with Crippen LogP contribution in [0.15, 0.2) is 48.5 Å². The lowest BCUT2D eigenvalue weighted by molar-refractivity contribution is 0.0628. The summed E-state index contributed by atoms with van der Waals surface area (Å²) in [5.41, 5.74) is 5.02. The largest absolute Gasteiger partial charge is 0.336 e. The number of aryl methyl sites for hydroxylation is 2. The van der Waals surface area contributed by atoms with Crippen molar-refractivity contribution in [3.05, 3.63) is 70.8 Å². The number of nitrogens with zero attached hydrogens (tertiary/aromatic N) is 2. The Bertz CT molecular complexity index is 718. The Balaban J connectivity index is 1.36. The maximum atomic E-state index is 12.8. The van der Waals surface area contributed by atoms with Crippen LogP contribution in [0.4, 0.5) is 0 Å². The highest BCUT2D eigenvalue weighted by atomic mass is 16.2. The number of piperazine rings is 1. The van der Waals surface area contributed by atoms with Crippen molar-refractivity contribution in [1.29, 1.82) is 0 Å². The second kappa shape index (κ2) is 6.78. The highest BCUT2D eigenvalue weighted by Gasteiger charge is 2.23. The molecule has 24 heavy (non-hydrogen) atoms. The van der Waals surface area contributed by atoms with Gasteiger partial charge in [0.1, 0.15) is 0 Å². The molecule has 1 heterocycles. The number of carbonyl (C=O) groups is 1. The number of hydrogen-bond donors (Lipinski definition) is 0. The van der Waals surface area contributed by atoms with Crippen molar-refractivity contribution in [3.63, 3.8) is 0 Å². The molecular formula is C21H24N2O. The fourth-order valence-electron chi connectivity index (χ4n) is 3.84. The normalized spacial score (nSPS) is 17.8. The molecule has 0 radical (unpaired) electrons. The van der Waals surface area contributed by atoms with Crippen LogP contribution < -0.4 is 0 Å². The zero-order valence-electron chi connectivity index (χ0n) is 14.1. The summed E-state index contributed by atoms with van der Waals surface area (Å²) >= 11 is 0. The van der Waals surface area contributed by atoms with E-state index in [-0.39, 0.29) is 5.91 Å². The molecule has 1 fully saturated rings. The fraction of sp³-hybridized carbons (Fsp3) is 0.381. The Morgan fingerprint density at radius 3 is 2.42 bits per heavy atom. The molecule has 3 heteroatoms. The first-order valence-electron chi connectivity index (χ1n) is 8.97. The van der Waals surface area contributed by atoms with Crippen molar-refractivity contribution >= 4 is 5.91 Å². The average Bonchev–Trinajstić information content (AvgIpc) is 3.10. The Hall–Kier alpha value is -2.13. The van der Waals surface area contributed by atoms with Crippen molar-refractivity contribution < 1.29 is 4.79 Å². The van der Waals surface area contributed by atoms with Crippen LogP contribution in [0, 0.1) is 0 Å². The number of hydrogen-bond acceptors (Lipinski definition) is 2. The van der Waals surface area contributed by atoms with Crippen molar-refractivity contribution in [2.24, 2.45) is 0 Å². The van der Waals surface area contributed by atoms with E-state index in [0.29, 0.717) is 0 Å². The average molecular weight is 320 g/mol. The number of fused-ring (bicyclic) bond motifs is 1. The van der Waals surface area contributed by atoms with Crippen LogP contribution in [0.1, 0.15) is 33.5 Å². The second-order valence-corrected chi connectivity index (χ2v) is 6.89. The Morgan fingerprint density at radius 1 is 0.875 bits per heavy atom. The Labute approximate surface area is 143 Å². The van der Waals surface area contributed by atoms with E-state index in [1.54, 1.807) is 0 Å². The van der Waals surface area contributed by atoms with E-state index in [1.165, 1.54) is 29.5 Å². The standard InChI is InChI=1S/C21H24N2O/c24-21(20-10-9-18-7-4-8-19(18)15-20)23-13-11-22(12-14-23)16-17-5-2-1-3-6-17/h1-3,5-6,9-10,15H,4,7-8,11-14,16H2.